The predicted molar refractivity (Wildman–Crippen MR) is 119 cm³/mol. The highest BCUT2D eigenvalue weighted by molar-refractivity contribution is 6.05. The Kier molecular flexibility index (Phi) is 6.28. The lowest BCUT2D eigenvalue weighted by atomic mass is 9.89. The highest BCUT2D eigenvalue weighted by Gasteiger charge is 2.51. The molecule has 2 atom stereocenters. The third-order valence-electron chi connectivity index (χ3n) is 5.57. The van der Waals surface area contributed by atoms with Crippen LogP contribution in [0.4, 0.5) is 18.9 Å². The molecule has 4 rings (SSSR count). The van der Waals surface area contributed by atoms with Gasteiger partial charge in [0.2, 0.25) is 6.10 Å². The topological polar surface area (TPSA) is 57.2 Å². The van der Waals surface area contributed by atoms with Crippen LogP contribution in [0.5, 0.6) is 23.0 Å². The summed E-state index contributed by atoms with van der Waals surface area (Å²) in [6, 6.07) is 15.7. The van der Waals surface area contributed by atoms with Gasteiger partial charge in [0.15, 0.2) is 11.5 Å². The average Bonchev–Trinajstić information content (AvgIpc) is 2.85. The largest absolute Gasteiger partial charge is 0.497 e. The Hall–Kier alpha value is -3.88. The van der Waals surface area contributed by atoms with Crippen LogP contribution in [-0.2, 0) is 11.0 Å². The molecule has 3 aromatic rings. The van der Waals surface area contributed by atoms with Gasteiger partial charge < -0.3 is 18.9 Å². The predicted octanol–water partition coefficient (Wildman–Crippen LogP) is 5.27. The fourth-order valence-corrected chi connectivity index (χ4v) is 3.86. The lowest BCUT2D eigenvalue weighted by molar-refractivity contribution is -0.138. The number of β-lactam (4-membered cyclic amide) rings is 1. The molecule has 1 heterocycles. The van der Waals surface area contributed by atoms with Crippen LogP contribution in [0.2, 0.25) is 0 Å². The summed E-state index contributed by atoms with van der Waals surface area (Å²) >= 11 is 0. The van der Waals surface area contributed by atoms with Crippen LogP contribution in [0.15, 0.2) is 66.7 Å². The number of amides is 1. The Bertz CT molecular complexity index is 1180. The first-order valence-electron chi connectivity index (χ1n) is 10.3. The van der Waals surface area contributed by atoms with Gasteiger partial charge in [-0.2, -0.15) is 13.2 Å². The monoisotopic (exact) mass is 473 g/mol. The summed E-state index contributed by atoms with van der Waals surface area (Å²) in [5.41, 5.74) is -0.106. The maximum Gasteiger partial charge on any atom is 0.416 e. The maximum atomic E-state index is 13.3. The molecule has 0 N–H and O–H groups in total. The summed E-state index contributed by atoms with van der Waals surface area (Å²) < 4.78 is 61.7. The van der Waals surface area contributed by atoms with Gasteiger partial charge in [0.1, 0.15) is 17.5 Å². The molecule has 0 aliphatic carbocycles. The molecule has 1 amide bonds. The zero-order valence-electron chi connectivity index (χ0n) is 18.6. The van der Waals surface area contributed by atoms with E-state index < -0.39 is 29.8 Å². The highest BCUT2D eigenvalue weighted by Crippen LogP contribution is 2.44. The Morgan fingerprint density at radius 2 is 1.47 bits per heavy atom. The Morgan fingerprint density at radius 3 is 2.09 bits per heavy atom. The normalized spacial score (nSPS) is 17.7. The van der Waals surface area contributed by atoms with Gasteiger partial charge in [-0.1, -0.05) is 12.1 Å². The third kappa shape index (κ3) is 4.33. The molecule has 34 heavy (non-hydrogen) atoms. The van der Waals surface area contributed by atoms with E-state index >= 15 is 0 Å². The van der Waals surface area contributed by atoms with Gasteiger partial charge in [-0.15, -0.1) is 0 Å². The molecule has 0 radical (unpaired) electrons. The van der Waals surface area contributed by atoms with Crippen LogP contribution < -0.4 is 23.8 Å². The number of ether oxygens (including phenoxy) is 4. The summed E-state index contributed by atoms with van der Waals surface area (Å²) in [6.45, 7) is 0. The summed E-state index contributed by atoms with van der Waals surface area (Å²) in [5, 5.41) is 0. The standard InChI is InChI=1S/C25H22F3NO5/c1-31-18-8-10-19(11-9-18)34-23-22(15-7-12-20(32-2)21(13-15)33-3)29(24(23)30)17-6-4-5-16(14-17)25(26,27)28/h4-14,22-23H,1-3H3/t22-,23-/m1/s1. The summed E-state index contributed by atoms with van der Waals surface area (Å²) in [5.74, 6) is 1.49. The van der Waals surface area contributed by atoms with Crippen LogP contribution in [0.25, 0.3) is 0 Å². The molecule has 1 saturated heterocycles. The first-order valence-corrected chi connectivity index (χ1v) is 10.3. The zero-order valence-corrected chi connectivity index (χ0v) is 18.6. The number of hydrogen-bond donors (Lipinski definition) is 0. The second-order valence-corrected chi connectivity index (χ2v) is 7.53. The van der Waals surface area contributed by atoms with Gasteiger partial charge in [-0.05, 0) is 60.2 Å². The molecule has 1 fully saturated rings. The molecule has 3 aromatic carbocycles. The van der Waals surface area contributed by atoms with Crippen molar-refractivity contribution in [2.24, 2.45) is 0 Å². The fraction of sp³-hybridized carbons (Fsp3) is 0.240. The molecule has 0 spiro atoms. The van der Waals surface area contributed by atoms with Crippen molar-refractivity contribution >= 4 is 11.6 Å². The Balaban J connectivity index is 1.73. The quantitative estimate of drug-likeness (QED) is 0.438. The van der Waals surface area contributed by atoms with Crippen LogP contribution in [0.3, 0.4) is 0 Å². The first-order chi connectivity index (χ1) is 16.3. The first kappa shape index (κ1) is 23.3. The summed E-state index contributed by atoms with van der Waals surface area (Å²) in [4.78, 5) is 14.4. The van der Waals surface area contributed by atoms with Crippen LogP contribution in [0, 0.1) is 0 Å². The molecule has 0 saturated carbocycles. The molecule has 178 valence electrons. The van der Waals surface area contributed by atoms with Gasteiger partial charge in [-0.25, -0.2) is 0 Å². The van der Waals surface area contributed by atoms with E-state index in [0.29, 0.717) is 28.6 Å². The number of carbonyl (C=O) groups is 1. The molecule has 0 aromatic heterocycles. The molecule has 0 bridgehead atoms. The molecule has 9 heteroatoms. The van der Waals surface area contributed by atoms with E-state index in [1.54, 1.807) is 42.5 Å². The fourth-order valence-electron chi connectivity index (χ4n) is 3.86. The summed E-state index contributed by atoms with van der Waals surface area (Å²) in [7, 11) is 4.50. The van der Waals surface area contributed by atoms with Crippen LogP contribution in [-0.4, -0.2) is 33.3 Å². The minimum atomic E-state index is -4.54. The van der Waals surface area contributed by atoms with Crippen molar-refractivity contribution in [3.8, 4) is 23.0 Å². The smallest absolute Gasteiger partial charge is 0.416 e. The molecule has 0 unspecified atom stereocenters. The van der Waals surface area contributed by atoms with Crippen LogP contribution >= 0.6 is 0 Å². The number of rotatable bonds is 7. The number of benzene rings is 3. The van der Waals surface area contributed by atoms with E-state index in [2.05, 4.69) is 0 Å². The number of halogens is 3. The molecule has 6 nitrogen and oxygen atoms in total. The lowest BCUT2D eigenvalue weighted by Gasteiger charge is -2.46. The number of nitrogens with zero attached hydrogens (tertiary/aromatic N) is 1. The van der Waals surface area contributed by atoms with Gasteiger partial charge >= 0.3 is 6.18 Å². The van der Waals surface area contributed by atoms with Gasteiger partial charge in [0.25, 0.3) is 5.91 Å². The van der Waals surface area contributed by atoms with E-state index in [0.717, 1.165) is 12.1 Å². The zero-order chi connectivity index (χ0) is 24.5. The number of carbonyl (C=O) groups excluding carboxylic acids is 1. The van der Waals surface area contributed by atoms with E-state index in [1.165, 1.54) is 38.4 Å². The third-order valence-corrected chi connectivity index (χ3v) is 5.57. The van der Waals surface area contributed by atoms with Crippen LogP contribution in [0.1, 0.15) is 17.2 Å². The van der Waals surface area contributed by atoms with Crippen molar-refractivity contribution < 1.29 is 36.9 Å². The lowest BCUT2D eigenvalue weighted by Crippen LogP contribution is -2.61. The number of alkyl halides is 3. The van der Waals surface area contributed by atoms with Crippen molar-refractivity contribution in [1.82, 2.24) is 0 Å². The SMILES string of the molecule is COc1ccc(O[C@H]2C(=O)N(c3cccc(C(F)(F)F)c3)[C@@H]2c2ccc(OC)c(OC)c2)cc1. The van der Waals surface area contributed by atoms with Gasteiger partial charge in [-0.3, -0.25) is 9.69 Å². The van der Waals surface area contributed by atoms with Crippen molar-refractivity contribution in [3.05, 3.63) is 77.9 Å². The van der Waals surface area contributed by atoms with Crippen molar-refractivity contribution in [3.63, 3.8) is 0 Å². The molecular formula is C25H22F3NO5. The second-order valence-electron chi connectivity index (χ2n) is 7.53. The van der Waals surface area contributed by atoms with Crippen molar-refractivity contribution in [2.75, 3.05) is 26.2 Å². The highest BCUT2D eigenvalue weighted by atomic mass is 19.4. The maximum absolute atomic E-state index is 13.3. The number of methoxy groups -OCH3 is 3. The van der Waals surface area contributed by atoms with Crippen molar-refractivity contribution in [1.29, 1.82) is 0 Å². The summed E-state index contributed by atoms with van der Waals surface area (Å²) in [6.07, 6.45) is -5.50. The Morgan fingerprint density at radius 1 is 0.794 bits per heavy atom. The minimum absolute atomic E-state index is 0.120. The van der Waals surface area contributed by atoms with Gasteiger partial charge in [0.05, 0.1) is 26.9 Å². The average molecular weight is 473 g/mol. The van der Waals surface area contributed by atoms with E-state index in [-0.39, 0.29) is 5.69 Å². The van der Waals surface area contributed by atoms with E-state index in [4.69, 9.17) is 18.9 Å². The molecule has 1 aliphatic rings. The molecular weight excluding hydrogens is 451 g/mol. The van der Waals surface area contributed by atoms with E-state index in [1.807, 2.05) is 0 Å². The van der Waals surface area contributed by atoms with E-state index in [9.17, 15) is 18.0 Å². The Labute approximate surface area is 194 Å². The number of anilines is 1. The van der Waals surface area contributed by atoms with Crippen molar-refractivity contribution in [2.45, 2.75) is 18.3 Å². The minimum Gasteiger partial charge on any atom is -0.497 e. The van der Waals surface area contributed by atoms with Gasteiger partial charge in [0, 0.05) is 5.69 Å². The second kappa shape index (κ2) is 9.17. The molecule has 1 aliphatic heterocycles. The number of hydrogen-bond acceptors (Lipinski definition) is 5.